The molecule has 0 aliphatic carbocycles. The summed E-state index contributed by atoms with van der Waals surface area (Å²) in [5.74, 6) is 0.812. The smallest absolute Gasteiger partial charge is 0.220 e. The van der Waals surface area contributed by atoms with E-state index in [-0.39, 0.29) is 11.9 Å². The van der Waals surface area contributed by atoms with Gasteiger partial charge in [0.1, 0.15) is 5.75 Å². The van der Waals surface area contributed by atoms with Crippen molar-refractivity contribution in [1.29, 1.82) is 0 Å². The van der Waals surface area contributed by atoms with E-state index < -0.39 is 0 Å². The van der Waals surface area contributed by atoms with E-state index in [0.717, 1.165) is 12.1 Å². The number of amides is 1. The summed E-state index contributed by atoms with van der Waals surface area (Å²) in [5, 5.41) is 6.19. The Morgan fingerprint density at radius 3 is 3.06 bits per heavy atom. The number of carbonyl (C=O) groups is 1. The predicted molar refractivity (Wildman–Crippen MR) is 71.7 cm³/mol. The van der Waals surface area contributed by atoms with Crippen LogP contribution in [0.1, 0.15) is 19.8 Å². The van der Waals surface area contributed by atoms with Crippen molar-refractivity contribution >= 4 is 17.3 Å². The topological polar surface area (TPSA) is 76.4 Å². The number of rotatable bonds is 4. The molecule has 1 fully saturated rings. The molecule has 1 amide bonds. The van der Waals surface area contributed by atoms with Gasteiger partial charge in [0.05, 0.1) is 18.0 Å². The third kappa shape index (κ3) is 2.85. The minimum atomic E-state index is 0.115. The summed E-state index contributed by atoms with van der Waals surface area (Å²) in [7, 11) is 0. The summed E-state index contributed by atoms with van der Waals surface area (Å²) in [6.07, 6.45) is 1.38. The quantitative estimate of drug-likeness (QED) is 0.704. The summed E-state index contributed by atoms with van der Waals surface area (Å²) < 4.78 is 5.45. The molecule has 5 nitrogen and oxygen atoms in total. The van der Waals surface area contributed by atoms with Gasteiger partial charge in [-0.1, -0.05) is 6.07 Å². The molecule has 1 unspecified atom stereocenters. The largest absolute Gasteiger partial charge is 0.492 e. The lowest BCUT2D eigenvalue weighted by Crippen LogP contribution is -2.41. The van der Waals surface area contributed by atoms with Gasteiger partial charge in [0.15, 0.2) is 0 Å². The highest BCUT2D eigenvalue weighted by molar-refractivity contribution is 5.77. The third-order valence-corrected chi connectivity index (χ3v) is 2.99. The lowest BCUT2D eigenvalue weighted by atomic mass is 10.1. The lowest BCUT2D eigenvalue weighted by Gasteiger charge is -2.25. The molecule has 5 heteroatoms. The van der Waals surface area contributed by atoms with Gasteiger partial charge in [-0.25, -0.2) is 0 Å². The summed E-state index contributed by atoms with van der Waals surface area (Å²) >= 11 is 0. The Kier molecular flexibility index (Phi) is 3.92. The molecular formula is C13H19N3O2. The Balaban J connectivity index is 2.04. The Hall–Kier alpha value is -1.91. The lowest BCUT2D eigenvalue weighted by molar-refractivity contribution is -0.122. The molecule has 2 rings (SSSR count). The third-order valence-electron chi connectivity index (χ3n) is 2.99. The molecule has 18 heavy (non-hydrogen) atoms. The maximum Gasteiger partial charge on any atom is 0.220 e. The molecule has 1 aromatic rings. The summed E-state index contributed by atoms with van der Waals surface area (Å²) in [6.45, 7) is 3.15. The fourth-order valence-electron chi connectivity index (χ4n) is 2.03. The molecule has 0 saturated carbocycles. The number of hydrogen-bond acceptors (Lipinski definition) is 4. The monoisotopic (exact) mass is 249 g/mol. The second-order valence-corrected chi connectivity index (χ2v) is 4.33. The van der Waals surface area contributed by atoms with Gasteiger partial charge in [-0.2, -0.15) is 0 Å². The van der Waals surface area contributed by atoms with Crippen LogP contribution in [-0.2, 0) is 4.79 Å². The average molecular weight is 249 g/mol. The maximum absolute atomic E-state index is 11.1. The van der Waals surface area contributed by atoms with E-state index >= 15 is 0 Å². The molecule has 1 saturated heterocycles. The molecule has 98 valence electrons. The normalized spacial score (nSPS) is 19.2. The molecule has 1 aliphatic rings. The molecule has 0 radical (unpaired) electrons. The fraction of sp³-hybridized carbons (Fsp3) is 0.462. The highest BCUT2D eigenvalue weighted by Gasteiger charge is 2.18. The Morgan fingerprint density at radius 1 is 1.56 bits per heavy atom. The van der Waals surface area contributed by atoms with Gasteiger partial charge in [-0.05, 0) is 25.5 Å². The second kappa shape index (κ2) is 5.62. The van der Waals surface area contributed by atoms with Crippen LogP contribution in [0, 0.1) is 0 Å². The molecule has 1 aromatic carbocycles. The number of nitrogens with one attached hydrogen (secondary N) is 2. The van der Waals surface area contributed by atoms with Gasteiger partial charge in [0.2, 0.25) is 5.91 Å². The molecule has 1 heterocycles. The molecular weight excluding hydrogens is 230 g/mol. The van der Waals surface area contributed by atoms with E-state index in [4.69, 9.17) is 10.5 Å². The van der Waals surface area contributed by atoms with Gasteiger partial charge in [-0.3, -0.25) is 4.79 Å². The Labute approximate surface area is 107 Å². The molecule has 0 bridgehead atoms. The number of nitrogen functional groups attached to an aromatic ring is 1. The number of carbonyl (C=O) groups excluding carboxylic acids is 1. The zero-order valence-corrected chi connectivity index (χ0v) is 10.5. The molecule has 4 N–H and O–H groups in total. The molecule has 1 aliphatic heterocycles. The minimum absolute atomic E-state index is 0.115. The average Bonchev–Trinajstić information content (AvgIpc) is 2.37. The van der Waals surface area contributed by atoms with Crippen LogP contribution in [0.3, 0.4) is 0 Å². The number of hydrogen-bond donors (Lipinski definition) is 3. The van der Waals surface area contributed by atoms with Crippen LogP contribution in [0.15, 0.2) is 18.2 Å². The number of para-hydroxylation sites is 1. The van der Waals surface area contributed by atoms with Crippen molar-refractivity contribution in [2.24, 2.45) is 0 Å². The first kappa shape index (κ1) is 12.5. The van der Waals surface area contributed by atoms with Crippen LogP contribution in [0.25, 0.3) is 0 Å². The summed E-state index contributed by atoms with van der Waals surface area (Å²) in [6, 6.07) is 5.91. The van der Waals surface area contributed by atoms with Crippen molar-refractivity contribution in [3.05, 3.63) is 18.2 Å². The van der Waals surface area contributed by atoms with Crippen LogP contribution in [0.2, 0.25) is 0 Å². The van der Waals surface area contributed by atoms with Crippen molar-refractivity contribution in [2.45, 2.75) is 25.8 Å². The first-order chi connectivity index (χ1) is 8.70. The van der Waals surface area contributed by atoms with E-state index in [1.165, 1.54) is 0 Å². The van der Waals surface area contributed by atoms with Crippen LogP contribution < -0.4 is 21.1 Å². The zero-order chi connectivity index (χ0) is 13.0. The number of piperidine rings is 1. The number of anilines is 2. The highest BCUT2D eigenvalue weighted by Crippen LogP contribution is 2.30. The van der Waals surface area contributed by atoms with E-state index in [2.05, 4.69) is 10.6 Å². The van der Waals surface area contributed by atoms with E-state index in [1.54, 1.807) is 0 Å². The SMILES string of the molecule is CCOc1cccc(NC2CCC(=O)NC2)c1N. The maximum atomic E-state index is 11.1. The summed E-state index contributed by atoms with van der Waals surface area (Å²) in [4.78, 5) is 11.1. The number of nitrogens with two attached hydrogens (primary N) is 1. The first-order valence-electron chi connectivity index (χ1n) is 6.25. The number of benzene rings is 1. The van der Waals surface area contributed by atoms with E-state index in [0.29, 0.717) is 31.0 Å². The van der Waals surface area contributed by atoms with Crippen molar-refractivity contribution in [3.63, 3.8) is 0 Å². The van der Waals surface area contributed by atoms with Gasteiger partial charge in [0, 0.05) is 19.0 Å². The number of ether oxygens (including phenoxy) is 1. The van der Waals surface area contributed by atoms with Crippen LogP contribution in [-0.4, -0.2) is 25.1 Å². The standard InChI is InChI=1S/C13H19N3O2/c1-2-18-11-5-3-4-10(13(11)14)16-9-6-7-12(17)15-8-9/h3-5,9,16H,2,6-8,14H2,1H3,(H,15,17). The van der Waals surface area contributed by atoms with Crippen molar-refractivity contribution in [3.8, 4) is 5.75 Å². The highest BCUT2D eigenvalue weighted by atomic mass is 16.5. The van der Waals surface area contributed by atoms with E-state index in [1.807, 2.05) is 25.1 Å². The predicted octanol–water partition coefficient (Wildman–Crippen LogP) is 1.36. The Morgan fingerprint density at radius 2 is 2.39 bits per heavy atom. The molecule has 0 spiro atoms. The second-order valence-electron chi connectivity index (χ2n) is 4.33. The van der Waals surface area contributed by atoms with Gasteiger partial charge in [-0.15, -0.1) is 0 Å². The van der Waals surface area contributed by atoms with Crippen LogP contribution in [0.4, 0.5) is 11.4 Å². The fourth-order valence-corrected chi connectivity index (χ4v) is 2.03. The van der Waals surface area contributed by atoms with Gasteiger partial charge >= 0.3 is 0 Å². The first-order valence-corrected chi connectivity index (χ1v) is 6.25. The van der Waals surface area contributed by atoms with E-state index in [9.17, 15) is 4.79 Å². The molecule has 0 aromatic heterocycles. The zero-order valence-electron chi connectivity index (χ0n) is 10.5. The Bertz CT molecular complexity index is 424. The van der Waals surface area contributed by atoms with Crippen molar-refractivity contribution < 1.29 is 9.53 Å². The molecule has 1 atom stereocenters. The van der Waals surface area contributed by atoms with Crippen LogP contribution >= 0.6 is 0 Å². The van der Waals surface area contributed by atoms with Gasteiger partial charge < -0.3 is 21.1 Å². The minimum Gasteiger partial charge on any atom is -0.492 e. The summed E-state index contributed by atoms with van der Waals surface area (Å²) in [5.41, 5.74) is 7.52. The van der Waals surface area contributed by atoms with Crippen molar-refractivity contribution in [2.75, 3.05) is 24.2 Å². The van der Waals surface area contributed by atoms with Crippen LogP contribution in [0.5, 0.6) is 5.75 Å². The van der Waals surface area contributed by atoms with Gasteiger partial charge in [0.25, 0.3) is 0 Å². The van der Waals surface area contributed by atoms with Crippen molar-refractivity contribution in [1.82, 2.24) is 5.32 Å².